The molecule has 1 aromatic heterocycles. The highest BCUT2D eigenvalue weighted by Crippen LogP contribution is 2.28. The number of hydrogen-bond donors (Lipinski definition) is 2. The van der Waals surface area contributed by atoms with Crippen molar-refractivity contribution < 1.29 is 23.4 Å². The van der Waals surface area contributed by atoms with Gasteiger partial charge in [-0.05, 0) is 54.4 Å². The predicted molar refractivity (Wildman–Crippen MR) is 122 cm³/mol. The number of aromatic nitrogens is 1. The molecule has 168 valence electrons. The summed E-state index contributed by atoms with van der Waals surface area (Å²) in [6.07, 6.45) is 1.19. The van der Waals surface area contributed by atoms with E-state index in [-0.39, 0.29) is 28.8 Å². The van der Waals surface area contributed by atoms with Crippen LogP contribution in [0.4, 0.5) is 20.2 Å². The van der Waals surface area contributed by atoms with Crippen LogP contribution in [0.15, 0.2) is 65.6 Å². The molecule has 2 N–H and O–H groups in total. The Morgan fingerprint density at radius 1 is 1.06 bits per heavy atom. The van der Waals surface area contributed by atoms with Crippen molar-refractivity contribution >= 4 is 28.2 Å². The molecule has 4 rings (SSSR count). The number of rotatable bonds is 6. The Morgan fingerprint density at radius 2 is 1.79 bits per heavy atom. The van der Waals surface area contributed by atoms with Crippen molar-refractivity contribution in [3.8, 4) is 5.75 Å². The van der Waals surface area contributed by atoms with Gasteiger partial charge < -0.3 is 19.7 Å². The van der Waals surface area contributed by atoms with E-state index >= 15 is 0 Å². The molecule has 0 radical (unpaired) electrons. The van der Waals surface area contributed by atoms with Gasteiger partial charge in [0.15, 0.2) is 0 Å². The topological polar surface area (TPSA) is 80.6 Å². The van der Waals surface area contributed by atoms with Gasteiger partial charge in [-0.15, -0.1) is 0 Å². The number of aromatic carboxylic acids is 1. The molecule has 0 spiro atoms. The number of hydrogen-bond acceptors (Lipinski definition) is 4. The summed E-state index contributed by atoms with van der Waals surface area (Å²) in [5, 5.41) is 12.3. The molecule has 0 amide bonds. The highest BCUT2D eigenvalue weighted by atomic mass is 19.1. The fraction of sp³-hybridized carbons (Fsp3) is 0.120. The molecule has 0 saturated carbocycles. The van der Waals surface area contributed by atoms with Crippen molar-refractivity contribution in [2.75, 3.05) is 12.4 Å². The van der Waals surface area contributed by atoms with E-state index in [1.165, 1.54) is 30.0 Å². The third kappa shape index (κ3) is 4.41. The number of fused-ring (bicyclic) bond motifs is 1. The molecular formula is C25H20F2N2O4. The van der Waals surface area contributed by atoms with E-state index in [9.17, 15) is 23.5 Å². The summed E-state index contributed by atoms with van der Waals surface area (Å²) >= 11 is 0. The number of anilines is 2. The predicted octanol–water partition coefficient (Wildman–Crippen LogP) is 5.09. The number of ether oxygens (including phenoxy) is 1. The maximum absolute atomic E-state index is 14.6. The minimum atomic E-state index is -1.41. The molecule has 0 unspecified atom stereocenters. The summed E-state index contributed by atoms with van der Waals surface area (Å²) in [7, 11) is 1.54. The van der Waals surface area contributed by atoms with Gasteiger partial charge in [0.05, 0.1) is 29.4 Å². The fourth-order valence-electron chi connectivity index (χ4n) is 3.65. The molecule has 0 bridgehead atoms. The van der Waals surface area contributed by atoms with Crippen LogP contribution in [0.25, 0.3) is 10.9 Å². The Labute approximate surface area is 187 Å². The van der Waals surface area contributed by atoms with Crippen LogP contribution in [0.5, 0.6) is 5.75 Å². The number of benzene rings is 3. The van der Waals surface area contributed by atoms with Crippen LogP contribution in [0, 0.1) is 18.6 Å². The second-order valence-electron chi connectivity index (χ2n) is 7.61. The van der Waals surface area contributed by atoms with Crippen molar-refractivity contribution in [3.05, 3.63) is 99.3 Å². The zero-order valence-electron chi connectivity index (χ0n) is 17.9. The third-order valence-electron chi connectivity index (χ3n) is 5.28. The molecule has 0 saturated heterocycles. The Hall–Kier alpha value is -4.20. The van der Waals surface area contributed by atoms with Crippen LogP contribution in [-0.2, 0) is 6.54 Å². The van der Waals surface area contributed by atoms with E-state index < -0.39 is 28.6 Å². The Kier molecular flexibility index (Phi) is 5.83. The number of methoxy groups -OCH3 is 1. The van der Waals surface area contributed by atoms with E-state index in [1.54, 1.807) is 37.3 Å². The van der Waals surface area contributed by atoms with Gasteiger partial charge in [0.1, 0.15) is 22.9 Å². The number of halogens is 2. The zero-order valence-corrected chi connectivity index (χ0v) is 17.9. The first-order valence-electron chi connectivity index (χ1n) is 10.0. The smallest absolute Gasteiger partial charge is 0.341 e. The first-order valence-corrected chi connectivity index (χ1v) is 10.0. The first kappa shape index (κ1) is 22.0. The Morgan fingerprint density at radius 3 is 2.42 bits per heavy atom. The highest BCUT2D eigenvalue weighted by molar-refractivity contribution is 5.98. The summed E-state index contributed by atoms with van der Waals surface area (Å²) in [6.45, 7) is 1.89. The Bertz CT molecular complexity index is 1430. The van der Waals surface area contributed by atoms with E-state index in [0.29, 0.717) is 11.3 Å². The standard InChI is InChI=1S/C25H20F2N2O4/c1-14-3-8-20(19(27)9-14)28-21-10-16(26)11-22-23(21)24(30)18(25(31)32)13-29(22)12-15-4-6-17(33-2)7-5-15/h3-11,13,28H,12H2,1-2H3,(H,31,32). The van der Waals surface area contributed by atoms with Gasteiger partial charge in [-0.3, -0.25) is 4.79 Å². The van der Waals surface area contributed by atoms with Crippen LogP contribution in [-0.4, -0.2) is 22.8 Å². The lowest BCUT2D eigenvalue weighted by molar-refractivity contribution is 0.0695. The van der Waals surface area contributed by atoms with Gasteiger partial charge in [0.25, 0.3) is 0 Å². The van der Waals surface area contributed by atoms with Crippen LogP contribution in [0.2, 0.25) is 0 Å². The maximum Gasteiger partial charge on any atom is 0.341 e. The molecule has 6 nitrogen and oxygen atoms in total. The summed E-state index contributed by atoms with van der Waals surface area (Å²) < 4.78 is 35.7. The number of carbonyl (C=O) groups is 1. The number of pyridine rings is 1. The summed E-state index contributed by atoms with van der Waals surface area (Å²) in [4.78, 5) is 24.8. The lowest BCUT2D eigenvalue weighted by atomic mass is 10.1. The largest absolute Gasteiger partial charge is 0.497 e. The molecule has 1 heterocycles. The SMILES string of the molecule is COc1ccc(Cn2cc(C(=O)O)c(=O)c3c(Nc4ccc(C)cc4F)cc(F)cc32)cc1. The van der Waals surface area contributed by atoms with Gasteiger partial charge in [-0.25, -0.2) is 13.6 Å². The molecule has 0 aliphatic heterocycles. The van der Waals surface area contributed by atoms with Crippen LogP contribution < -0.4 is 15.5 Å². The number of nitrogens with zero attached hydrogens (tertiary/aromatic N) is 1. The number of nitrogens with one attached hydrogen (secondary N) is 1. The van der Waals surface area contributed by atoms with Crippen molar-refractivity contribution in [1.29, 1.82) is 0 Å². The molecule has 8 heteroatoms. The van der Waals surface area contributed by atoms with Crippen molar-refractivity contribution in [3.63, 3.8) is 0 Å². The minimum Gasteiger partial charge on any atom is -0.497 e. The molecule has 0 aliphatic rings. The van der Waals surface area contributed by atoms with Crippen molar-refractivity contribution in [2.45, 2.75) is 13.5 Å². The second kappa shape index (κ2) is 8.74. The molecule has 0 aliphatic carbocycles. The summed E-state index contributed by atoms with van der Waals surface area (Å²) in [5.41, 5.74) is 0.389. The van der Waals surface area contributed by atoms with Crippen molar-refractivity contribution in [1.82, 2.24) is 4.57 Å². The quantitative estimate of drug-likeness (QED) is 0.428. The van der Waals surface area contributed by atoms with Gasteiger partial charge in [-0.1, -0.05) is 18.2 Å². The number of aryl methyl sites for hydroxylation is 1. The monoisotopic (exact) mass is 450 g/mol. The number of carboxylic acid groups (broad SMARTS) is 1. The van der Waals surface area contributed by atoms with E-state index in [2.05, 4.69) is 5.32 Å². The number of carboxylic acids is 1. The Balaban J connectivity index is 1.92. The van der Waals surface area contributed by atoms with Gasteiger partial charge >= 0.3 is 5.97 Å². The van der Waals surface area contributed by atoms with Crippen LogP contribution >= 0.6 is 0 Å². The van der Waals surface area contributed by atoms with E-state index in [4.69, 9.17) is 4.74 Å². The van der Waals surface area contributed by atoms with Gasteiger partial charge in [0.2, 0.25) is 5.43 Å². The van der Waals surface area contributed by atoms with Crippen LogP contribution in [0.1, 0.15) is 21.5 Å². The maximum atomic E-state index is 14.6. The molecule has 0 atom stereocenters. The lowest BCUT2D eigenvalue weighted by Crippen LogP contribution is -2.20. The minimum absolute atomic E-state index is 0.0238. The third-order valence-corrected chi connectivity index (χ3v) is 5.28. The summed E-state index contributed by atoms with van der Waals surface area (Å²) in [5.74, 6) is -2.02. The fourth-order valence-corrected chi connectivity index (χ4v) is 3.65. The first-order chi connectivity index (χ1) is 15.8. The van der Waals surface area contributed by atoms with E-state index in [1.807, 2.05) is 0 Å². The molecule has 0 fully saturated rings. The van der Waals surface area contributed by atoms with Crippen LogP contribution in [0.3, 0.4) is 0 Å². The molecule has 4 aromatic rings. The average molecular weight is 450 g/mol. The van der Waals surface area contributed by atoms with Gasteiger partial charge in [0, 0.05) is 12.7 Å². The zero-order chi connectivity index (χ0) is 23.7. The van der Waals surface area contributed by atoms with Crippen molar-refractivity contribution in [2.24, 2.45) is 0 Å². The molecule has 33 heavy (non-hydrogen) atoms. The molecule has 3 aromatic carbocycles. The lowest BCUT2D eigenvalue weighted by Gasteiger charge is -2.17. The van der Waals surface area contributed by atoms with Gasteiger partial charge in [-0.2, -0.15) is 0 Å². The average Bonchev–Trinajstić information content (AvgIpc) is 2.77. The molecular weight excluding hydrogens is 430 g/mol. The highest BCUT2D eigenvalue weighted by Gasteiger charge is 2.19. The van der Waals surface area contributed by atoms with E-state index in [0.717, 1.165) is 17.7 Å². The second-order valence-corrected chi connectivity index (χ2v) is 7.61. The normalized spacial score (nSPS) is 10.9. The summed E-state index contributed by atoms with van der Waals surface area (Å²) in [6, 6.07) is 13.7.